The summed E-state index contributed by atoms with van der Waals surface area (Å²) in [5.74, 6) is -0.889. The van der Waals surface area contributed by atoms with Crippen LogP contribution in [0.15, 0.2) is 0 Å². The number of unbranched alkanes of at least 4 members (excludes halogenated alkanes) is 4. The summed E-state index contributed by atoms with van der Waals surface area (Å²) in [6.45, 7) is 15.3. The fourth-order valence-electron chi connectivity index (χ4n) is 4.52. The molecule has 0 aromatic heterocycles. The standard InChI is InChI=1S/C25H48O5/c1-8-13-16-19-24(6,7)22(20(11-4)17-14-9-2)27-23(26)28-25(29-30-25)21(12-5)18-15-10-3/h20-22H,8-19H2,1-7H3. The Morgan fingerprint density at radius 1 is 0.867 bits per heavy atom. The van der Waals surface area contributed by atoms with Crippen LogP contribution in [0.2, 0.25) is 0 Å². The summed E-state index contributed by atoms with van der Waals surface area (Å²) in [5.41, 5.74) is -0.104. The quantitative estimate of drug-likeness (QED) is 0.101. The lowest BCUT2D eigenvalue weighted by atomic mass is 9.73. The molecule has 1 saturated heterocycles. The van der Waals surface area contributed by atoms with Gasteiger partial charge in [0, 0.05) is 5.41 Å². The van der Waals surface area contributed by atoms with Gasteiger partial charge in [0.15, 0.2) is 0 Å². The summed E-state index contributed by atoms with van der Waals surface area (Å²) >= 11 is 0. The molecule has 5 nitrogen and oxygen atoms in total. The van der Waals surface area contributed by atoms with Crippen molar-refractivity contribution in [2.24, 2.45) is 17.3 Å². The van der Waals surface area contributed by atoms with Crippen molar-refractivity contribution in [1.82, 2.24) is 0 Å². The maximum absolute atomic E-state index is 12.9. The van der Waals surface area contributed by atoms with Gasteiger partial charge >= 0.3 is 12.1 Å². The molecule has 0 saturated carbocycles. The van der Waals surface area contributed by atoms with E-state index in [-0.39, 0.29) is 17.4 Å². The highest BCUT2D eigenvalue weighted by Gasteiger charge is 2.60. The van der Waals surface area contributed by atoms with Gasteiger partial charge in [-0.2, -0.15) is 9.78 Å². The summed E-state index contributed by atoms with van der Waals surface area (Å²) in [5, 5.41) is 0. The Labute approximate surface area is 185 Å². The maximum atomic E-state index is 12.9. The minimum absolute atomic E-state index is 0.0306. The van der Waals surface area contributed by atoms with Crippen LogP contribution in [0.3, 0.4) is 0 Å². The van der Waals surface area contributed by atoms with Crippen LogP contribution < -0.4 is 0 Å². The molecule has 0 N–H and O–H groups in total. The largest absolute Gasteiger partial charge is 0.513 e. The third-order valence-corrected chi connectivity index (χ3v) is 6.67. The monoisotopic (exact) mass is 428 g/mol. The number of rotatable bonds is 17. The van der Waals surface area contributed by atoms with Crippen LogP contribution in [0, 0.1) is 17.3 Å². The van der Waals surface area contributed by atoms with Gasteiger partial charge in [-0.05, 0) is 38.0 Å². The Morgan fingerprint density at radius 3 is 1.97 bits per heavy atom. The summed E-state index contributed by atoms with van der Waals surface area (Å²) in [4.78, 5) is 23.3. The number of carbonyl (C=O) groups excluding carboxylic acids is 1. The van der Waals surface area contributed by atoms with Crippen LogP contribution in [0.25, 0.3) is 0 Å². The van der Waals surface area contributed by atoms with E-state index in [1.54, 1.807) is 0 Å². The SMILES string of the molecule is CCCCCC(C)(C)C(OC(=O)OC1(C(CC)CCCC)OO1)C(CC)CCCC. The van der Waals surface area contributed by atoms with Crippen LogP contribution in [0.5, 0.6) is 0 Å². The number of hydrogen-bond acceptors (Lipinski definition) is 5. The molecular weight excluding hydrogens is 380 g/mol. The lowest BCUT2D eigenvalue weighted by Gasteiger charge is -2.39. The normalized spacial score (nSPS) is 18.5. The summed E-state index contributed by atoms with van der Waals surface area (Å²) in [7, 11) is 0. The van der Waals surface area contributed by atoms with E-state index in [0.717, 1.165) is 64.2 Å². The highest BCUT2D eigenvalue weighted by molar-refractivity contribution is 5.60. The Morgan fingerprint density at radius 2 is 1.47 bits per heavy atom. The third kappa shape index (κ3) is 8.37. The van der Waals surface area contributed by atoms with Crippen LogP contribution in [0.4, 0.5) is 4.79 Å². The molecule has 1 aliphatic heterocycles. The van der Waals surface area contributed by atoms with Crippen molar-refractivity contribution in [1.29, 1.82) is 0 Å². The molecule has 0 aromatic rings. The molecule has 5 heteroatoms. The molecule has 1 rings (SSSR count). The third-order valence-electron chi connectivity index (χ3n) is 6.67. The molecule has 1 heterocycles. The Bertz CT molecular complexity index is 472. The van der Waals surface area contributed by atoms with Crippen LogP contribution in [-0.4, -0.2) is 18.2 Å². The molecule has 30 heavy (non-hydrogen) atoms. The van der Waals surface area contributed by atoms with E-state index in [1.165, 1.54) is 12.8 Å². The van der Waals surface area contributed by atoms with Gasteiger partial charge in [-0.3, -0.25) is 0 Å². The maximum Gasteiger partial charge on any atom is 0.513 e. The van der Waals surface area contributed by atoms with Gasteiger partial charge in [-0.25, -0.2) is 4.79 Å². The zero-order valence-corrected chi connectivity index (χ0v) is 20.8. The number of ether oxygens (including phenoxy) is 2. The van der Waals surface area contributed by atoms with Gasteiger partial charge in [0.1, 0.15) is 6.10 Å². The highest BCUT2D eigenvalue weighted by Crippen LogP contribution is 2.44. The fraction of sp³-hybridized carbons (Fsp3) is 0.960. The van der Waals surface area contributed by atoms with E-state index in [0.29, 0.717) is 5.92 Å². The van der Waals surface area contributed by atoms with Crippen molar-refractivity contribution in [3.8, 4) is 0 Å². The average molecular weight is 429 g/mol. The molecule has 0 spiro atoms. The molecule has 0 amide bonds. The zero-order chi connectivity index (χ0) is 22.6. The van der Waals surface area contributed by atoms with Crippen LogP contribution in [0.1, 0.15) is 126 Å². The predicted molar refractivity (Wildman–Crippen MR) is 121 cm³/mol. The van der Waals surface area contributed by atoms with Crippen molar-refractivity contribution < 1.29 is 24.0 Å². The fourth-order valence-corrected chi connectivity index (χ4v) is 4.52. The first kappa shape index (κ1) is 27.2. The van der Waals surface area contributed by atoms with Crippen LogP contribution >= 0.6 is 0 Å². The second kappa shape index (κ2) is 13.6. The first-order valence-corrected chi connectivity index (χ1v) is 12.6. The summed E-state index contributed by atoms with van der Waals surface area (Å²) < 4.78 is 11.7. The average Bonchev–Trinajstić information content (AvgIpc) is 3.48. The molecular formula is C25H48O5. The van der Waals surface area contributed by atoms with Gasteiger partial charge in [-0.15, -0.1) is 0 Å². The van der Waals surface area contributed by atoms with E-state index in [2.05, 4.69) is 48.5 Å². The molecule has 178 valence electrons. The van der Waals surface area contributed by atoms with Gasteiger partial charge in [0.2, 0.25) is 0 Å². The highest BCUT2D eigenvalue weighted by atomic mass is 17.5. The Hall–Kier alpha value is -0.810. The smallest absolute Gasteiger partial charge is 0.430 e. The van der Waals surface area contributed by atoms with E-state index >= 15 is 0 Å². The van der Waals surface area contributed by atoms with Gasteiger partial charge in [0.05, 0.1) is 5.92 Å². The van der Waals surface area contributed by atoms with E-state index < -0.39 is 12.1 Å². The minimum Gasteiger partial charge on any atom is -0.430 e. The van der Waals surface area contributed by atoms with E-state index in [1.807, 2.05) is 0 Å². The lowest BCUT2D eigenvalue weighted by molar-refractivity contribution is -0.114. The van der Waals surface area contributed by atoms with Crippen LogP contribution in [-0.2, 0) is 19.2 Å². The number of hydrogen-bond donors (Lipinski definition) is 0. The molecule has 1 aliphatic rings. The van der Waals surface area contributed by atoms with Crippen molar-refractivity contribution in [3.05, 3.63) is 0 Å². The molecule has 3 unspecified atom stereocenters. The second-order valence-corrected chi connectivity index (χ2v) is 9.66. The molecule has 0 bridgehead atoms. The van der Waals surface area contributed by atoms with E-state index in [4.69, 9.17) is 19.2 Å². The topological polar surface area (TPSA) is 60.6 Å². The van der Waals surface area contributed by atoms with Crippen molar-refractivity contribution in [3.63, 3.8) is 0 Å². The van der Waals surface area contributed by atoms with E-state index in [9.17, 15) is 4.79 Å². The van der Waals surface area contributed by atoms with Gasteiger partial charge in [-0.1, -0.05) is 93.4 Å². The second-order valence-electron chi connectivity index (χ2n) is 9.66. The van der Waals surface area contributed by atoms with Gasteiger partial charge in [0.25, 0.3) is 0 Å². The Balaban J connectivity index is 2.87. The molecule has 0 aliphatic carbocycles. The minimum atomic E-state index is -1.25. The predicted octanol–water partition coefficient (Wildman–Crippen LogP) is 8.16. The molecule has 0 radical (unpaired) electrons. The van der Waals surface area contributed by atoms with Crippen molar-refractivity contribution >= 4 is 6.16 Å². The first-order valence-electron chi connectivity index (χ1n) is 12.6. The lowest BCUT2D eigenvalue weighted by Crippen LogP contribution is -2.41. The number of carbonyl (C=O) groups is 1. The van der Waals surface area contributed by atoms with Crippen molar-refractivity contribution in [2.75, 3.05) is 0 Å². The van der Waals surface area contributed by atoms with Crippen molar-refractivity contribution in [2.45, 2.75) is 138 Å². The molecule has 1 fully saturated rings. The summed E-state index contributed by atoms with van der Waals surface area (Å²) in [6.07, 6.45) is 11.9. The molecule has 0 aromatic carbocycles. The summed E-state index contributed by atoms with van der Waals surface area (Å²) in [6, 6.07) is 0. The Kier molecular flexibility index (Phi) is 12.3. The zero-order valence-electron chi connectivity index (χ0n) is 20.8. The first-order chi connectivity index (χ1) is 14.3. The van der Waals surface area contributed by atoms with Gasteiger partial charge < -0.3 is 9.47 Å². The molecule has 3 atom stereocenters.